The summed E-state index contributed by atoms with van der Waals surface area (Å²) in [6, 6.07) is -0.394. The molecule has 17 heavy (non-hydrogen) atoms. The molecule has 0 radical (unpaired) electrons. The SMILES string of the molecule is CCC1CCC(NC(=O)C(F)(F)C(F)F)CC1. The molecular weight excluding hydrogens is 238 g/mol. The van der Waals surface area contributed by atoms with Gasteiger partial charge in [-0.1, -0.05) is 13.3 Å². The number of amides is 1. The summed E-state index contributed by atoms with van der Waals surface area (Å²) in [5.41, 5.74) is 0. The Balaban J connectivity index is 2.43. The lowest BCUT2D eigenvalue weighted by molar-refractivity contribution is -0.170. The lowest BCUT2D eigenvalue weighted by Gasteiger charge is -2.29. The van der Waals surface area contributed by atoms with Crippen molar-refractivity contribution in [3.8, 4) is 0 Å². The fraction of sp³-hybridized carbons (Fsp3) is 0.909. The summed E-state index contributed by atoms with van der Waals surface area (Å²) < 4.78 is 49.2. The monoisotopic (exact) mass is 255 g/mol. The number of alkyl halides is 4. The van der Waals surface area contributed by atoms with Gasteiger partial charge in [0.2, 0.25) is 0 Å². The normalized spacial score (nSPS) is 26.0. The highest BCUT2D eigenvalue weighted by Gasteiger charge is 2.49. The van der Waals surface area contributed by atoms with Crippen LogP contribution in [0.5, 0.6) is 0 Å². The molecule has 0 aromatic heterocycles. The second kappa shape index (κ2) is 5.69. The molecule has 0 saturated heterocycles. The average Bonchev–Trinajstić information content (AvgIpc) is 2.29. The molecule has 100 valence electrons. The molecule has 1 aliphatic carbocycles. The number of hydrogen-bond acceptors (Lipinski definition) is 1. The van der Waals surface area contributed by atoms with Crippen molar-refractivity contribution in [2.24, 2.45) is 5.92 Å². The Labute approximate surface area is 97.8 Å². The molecule has 0 bridgehead atoms. The highest BCUT2D eigenvalue weighted by Crippen LogP contribution is 2.28. The second-order valence-corrected chi connectivity index (χ2v) is 4.52. The van der Waals surface area contributed by atoms with Gasteiger partial charge in [0, 0.05) is 6.04 Å². The molecule has 1 fully saturated rings. The number of nitrogens with one attached hydrogen (secondary N) is 1. The summed E-state index contributed by atoms with van der Waals surface area (Å²) in [6.45, 7) is 2.05. The molecule has 1 aliphatic rings. The van der Waals surface area contributed by atoms with Crippen LogP contribution in [-0.4, -0.2) is 24.3 Å². The molecule has 0 aromatic carbocycles. The largest absolute Gasteiger partial charge is 0.383 e. The molecular formula is C11H17F4NO. The first-order chi connectivity index (χ1) is 7.87. The van der Waals surface area contributed by atoms with Crippen LogP contribution in [0, 0.1) is 5.92 Å². The van der Waals surface area contributed by atoms with Gasteiger partial charge in [-0.15, -0.1) is 0 Å². The lowest BCUT2D eigenvalue weighted by atomic mass is 9.84. The van der Waals surface area contributed by atoms with Gasteiger partial charge in [-0.2, -0.15) is 8.78 Å². The first-order valence-electron chi connectivity index (χ1n) is 5.84. The van der Waals surface area contributed by atoms with E-state index in [1.165, 1.54) is 0 Å². The van der Waals surface area contributed by atoms with Crippen LogP contribution in [0.15, 0.2) is 0 Å². The molecule has 1 amide bonds. The Kier molecular flexibility index (Phi) is 4.77. The maximum absolute atomic E-state index is 12.7. The molecule has 1 rings (SSSR count). The Morgan fingerprint density at radius 3 is 2.24 bits per heavy atom. The number of hydrogen-bond donors (Lipinski definition) is 1. The molecule has 0 spiro atoms. The van der Waals surface area contributed by atoms with E-state index in [0.717, 1.165) is 19.3 Å². The van der Waals surface area contributed by atoms with Gasteiger partial charge < -0.3 is 5.32 Å². The quantitative estimate of drug-likeness (QED) is 0.769. The predicted octanol–water partition coefficient (Wildman–Crippen LogP) is 2.97. The van der Waals surface area contributed by atoms with E-state index in [9.17, 15) is 22.4 Å². The number of carbonyl (C=O) groups is 1. The number of rotatable bonds is 4. The minimum atomic E-state index is -4.58. The van der Waals surface area contributed by atoms with Crippen molar-refractivity contribution in [2.75, 3.05) is 0 Å². The third-order valence-electron chi connectivity index (χ3n) is 3.34. The molecule has 0 unspecified atom stereocenters. The summed E-state index contributed by atoms with van der Waals surface area (Å²) in [6.07, 6.45) is -0.0563. The van der Waals surface area contributed by atoms with Crippen LogP contribution in [0.25, 0.3) is 0 Å². The summed E-state index contributed by atoms with van der Waals surface area (Å²) in [5.74, 6) is -5.88. The smallest absolute Gasteiger partial charge is 0.348 e. The Hall–Kier alpha value is -0.810. The number of halogens is 4. The van der Waals surface area contributed by atoms with Crippen LogP contribution in [-0.2, 0) is 4.79 Å². The van der Waals surface area contributed by atoms with Crippen molar-refractivity contribution >= 4 is 5.91 Å². The van der Waals surface area contributed by atoms with Crippen molar-refractivity contribution < 1.29 is 22.4 Å². The summed E-state index contributed by atoms with van der Waals surface area (Å²) in [4.78, 5) is 11.0. The minimum absolute atomic E-state index is 0.394. The highest BCUT2D eigenvalue weighted by atomic mass is 19.3. The fourth-order valence-corrected chi connectivity index (χ4v) is 2.10. The summed E-state index contributed by atoms with van der Waals surface area (Å²) in [5, 5.41) is 2.02. The van der Waals surface area contributed by atoms with Crippen LogP contribution in [0.2, 0.25) is 0 Å². The second-order valence-electron chi connectivity index (χ2n) is 4.52. The predicted molar refractivity (Wildman–Crippen MR) is 55.1 cm³/mol. The molecule has 0 aliphatic heterocycles. The fourth-order valence-electron chi connectivity index (χ4n) is 2.10. The average molecular weight is 255 g/mol. The topological polar surface area (TPSA) is 29.1 Å². The van der Waals surface area contributed by atoms with E-state index in [0.29, 0.717) is 18.8 Å². The van der Waals surface area contributed by atoms with Crippen molar-refractivity contribution in [3.63, 3.8) is 0 Å². The third kappa shape index (κ3) is 3.57. The first-order valence-corrected chi connectivity index (χ1v) is 5.84. The van der Waals surface area contributed by atoms with Crippen LogP contribution in [0.3, 0.4) is 0 Å². The van der Waals surface area contributed by atoms with Gasteiger partial charge in [0.1, 0.15) is 0 Å². The highest BCUT2D eigenvalue weighted by molar-refractivity contribution is 5.84. The van der Waals surface area contributed by atoms with Gasteiger partial charge in [-0.25, -0.2) is 8.78 Å². The van der Waals surface area contributed by atoms with Gasteiger partial charge in [-0.05, 0) is 31.6 Å². The zero-order valence-electron chi connectivity index (χ0n) is 9.69. The van der Waals surface area contributed by atoms with Gasteiger partial charge in [0.25, 0.3) is 5.91 Å². The zero-order valence-corrected chi connectivity index (χ0v) is 9.69. The molecule has 0 heterocycles. The Bertz CT molecular complexity index is 262. The zero-order chi connectivity index (χ0) is 13.1. The molecule has 1 saturated carbocycles. The molecule has 1 N–H and O–H groups in total. The van der Waals surface area contributed by atoms with Gasteiger partial charge in [0.05, 0.1) is 0 Å². The van der Waals surface area contributed by atoms with E-state index in [4.69, 9.17) is 0 Å². The first kappa shape index (κ1) is 14.3. The molecule has 0 atom stereocenters. The molecule has 2 nitrogen and oxygen atoms in total. The Morgan fingerprint density at radius 2 is 1.82 bits per heavy atom. The van der Waals surface area contributed by atoms with E-state index >= 15 is 0 Å². The molecule has 6 heteroatoms. The van der Waals surface area contributed by atoms with Crippen molar-refractivity contribution in [2.45, 2.75) is 57.4 Å². The van der Waals surface area contributed by atoms with Gasteiger partial charge in [-0.3, -0.25) is 4.79 Å². The third-order valence-corrected chi connectivity index (χ3v) is 3.34. The maximum atomic E-state index is 12.7. The summed E-state index contributed by atoms with van der Waals surface area (Å²) >= 11 is 0. The van der Waals surface area contributed by atoms with E-state index in [2.05, 4.69) is 6.92 Å². The lowest BCUT2D eigenvalue weighted by Crippen LogP contribution is -2.49. The number of carbonyl (C=O) groups excluding carboxylic acids is 1. The van der Waals surface area contributed by atoms with Crippen LogP contribution >= 0.6 is 0 Å². The standard InChI is InChI=1S/C11H17F4NO/c1-2-7-3-5-8(6-4-7)16-10(17)11(14,15)9(12)13/h7-9H,2-6H2,1H3,(H,16,17). The van der Waals surface area contributed by atoms with E-state index < -0.39 is 24.3 Å². The van der Waals surface area contributed by atoms with Gasteiger partial charge in [0.15, 0.2) is 0 Å². The van der Waals surface area contributed by atoms with Crippen molar-refractivity contribution in [1.29, 1.82) is 0 Å². The van der Waals surface area contributed by atoms with Gasteiger partial charge >= 0.3 is 12.3 Å². The van der Waals surface area contributed by atoms with Crippen molar-refractivity contribution in [3.05, 3.63) is 0 Å². The minimum Gasteiger partial charge on any atom is -0.348 e. The van der Waals surface area contributed by atoms with Crippen LogP contribution < -0.4 is 5.32 Å². The van der Waals surface area contributed by atoms with Crippen LogP contribution in [0.1, 0.15) is 39.0 Å². The van der Waals surface area contributed by atoms with E-state index in [1.807, 2.05) is 5.32 Å². The van der Waals surface area contributed by atoms with E-state index in [-0.39, 0.29) is 0 Å². The molecule has 0 aromatic rings. The van der Waals surface area contributed by atoms with E-state index in [1.54, 1.807) is 0 Å². The van der Waals surface area contributed by atoms with Crippen molar-refractivity contribution in [1.82, 2.24) is 5.32 Å². The van der Waals surface area contributed by atoms with Crippen LogP contribution in [0.4, 0.5) is 17.6 Å². The maximum Gasteiger partial charge on any atom is 0.383 e. The Morgan fingerprint density at radius 1 is 1.29 bits per heavy atom. The summed E-state index contributed by atoms with van der Waals surface area (Å²) in [7, 11) is 0.